The van der Waals surface area contributed by atoms with Crippen molar-refractivity contribution in [3.05, 3.63) is 139 Å². The number of hydrogen-bond acceptors (Lipinski definition) is 4. The summed E-state index contributed by atoms with van der Waals surface area (Å²) in [7, 11) is 0. The Morgan fingerprint density at radius 2 is 1.39 bits per heavy atom. The Balaban J connectivity index is 1.16. The lowest BCUT2D eigenvalue weighted by molar-refractivity contribution is 0.795. The molecule has 0 bridgehead atoms. The van der Waals surface area contributed by atoms with Crippen molar-refractivity contribution >= 4 is 27.9 Å². The molecule has 0 spiro atoms. The van der Waals surface area contributed by atoms with Gasteiger partial charge in [0.25, 0.3) is 0 Å². The summed E-state index contributed by atoms with van der Waals surface area (Å²) >= 11 is 0. The van der Waals surface area contributed by atoms with E-state index in [1.54, 1.807) is 0 Å². The molecule has 0 aliphatic carbocycles. The van der Waals surface area contributed by atoms with Gasteiger partial charge in [0.05, 0.1) is 40.4 Å². The molecule has 1 aliphatic rings. The molecule has 5 nitrogen and oxygen atoms in total. The number of rotatable bonds is 4. The molecule has 5 heterocycles. The quantitative estimate of drug-likeness (QED) is 0.252. The van der Waals surface area contributed by atoms with Crippen LogP contribution in [0.4, 0.5) is 0 Å². The fourth-order valence-corrected chi connectivity index (χ4v) is 5.82. The van der Waals surface area contributed by atoms with E-state index in [1.807, 2.05) is 30.6 Å². The topological polar surface area (TPSA) is 55.6 Å². The molecular formula is C36H25N5. The number of nitrogens with one attached hydrogen (secondary N) is 1. The van der Waals surface area contributed by atoms with Gasteiger partial charge in [-0.25, -0.2) is 9.97 Å². The monoisotopic (exact) mass is 527 g/mol. The predicted molar refractivity (Wildman–Crippen MR) is 166 cm³/mol. The number of nitrogens with zero attached hydrogens (tertiary/aromatic N) is 4. The average Bonchev–Trinajstić information content (AvgIpc) is 3.39. The fourth-order valence-electron chi connectivity index (χ4n) is 5.82. The van der Waals surface area contributed by atoms with E-state index in [0.717, 1.165) is 62.6 Å². The van der Waals surface area contributed by atoms with Crippen molar-refractivity contribution in [3.8, 4) is 39.6 Å². The van der Waals surface area contributed by atoms with Crippen LogP contribution in [0.5, 0.6) is 0 Å². The minimum atomic E-state index is 0.755. The molecule has 5 heteroatoms. The lowest BCUT2D eigenvalue weighted by Crippen LogP contribution is -2.14. The first-order valence-corrected chi connectivity index (χ1v) is 13.8. The van der Waals surface area contributed by atoms with Crippen molar-refractivity contribution in [3.63, 3.8) is 0 Å². The first-order chi connectivity index (χ1) is 20.3. The van der Waals surface area contributed by atoms with Gasteiger partial charge in [-0.2, -0.15) is 0 Å². The maximum absolute atomic E-state index is 5.10. The summed E-state index contributed by atoms with van der Waals surface area (Å²) in [5.74, 6) is 0.886. The van der Waals surface area contributed by atoms with E-state index in [4.69, 9.17) is 9.97 Å². The summed E-state index contributed by atoms with van der Waals surface area (Å²) in [6.07, 6.45) is 6.01. The van der Waals surface area contributed by atoms with Crippen LogP contribution in [0.3, 0.4) is 0 Å². The highest BCUT2D eigenvalue weighted by molar-refractivity contribution is 5.94. The van der Waals surface area contributed by atoms with Crippen molar-refractivity contribution in [1.29, 1.82) is 0 Å². The Labute approximate surface area is 237 Å². The molecule has 41 heavy (non-hydrogen) atoms. The summed E-state index contributed by atoms with van der Waals surface area (Å²) in [5, 5.41) is 5.73. The first-order valence-electron chi connectivity index (χ1n) is 13.8. The summed E-state index contributed by atoms with van der Waals surface area (Å²) in [6, 6.07) is 39.7. The Hall–Kier alpha value is -5.55. The Bertz CT molecular complexity index is 2100. The molecule has 7 aromatic rings. The van der Waals surface area contributed by atoms with E-state index in [0.29, 0.717) is 0 Å². The van der Waals surface area contributed by atoms with Gasteiger partial charge < -0.3 is 5.32 Å². The van der Waals surface area contributed by atoms with Crippen LogP contribution in [-0.2, 0) is 6.54 Å². The van der Waals surface area contributed by atoms with Gasteiger partial charge in [0.1, 0.15) is 5.82 Å². The lowest BCUT2D eigenvalue weighted by atomic mass is 10.00. The van der Waals surface area contributed by atoms with Gasteiger partial charge in [-0.3, -0.25) is 9.55 Å². The maximum atomic E-state index is 5.10. The first kappa shape index (κ1) is 23.3. The van der Waals surface area contributed by atoms with Crippen LogP contribution in [0.15, 0.2) is 128 Å². The molecule has 0 saturated carbocycles. The number of aromatic nitrogens is 4. The Kier molecular flexibility index (Phi) is 5.45. The van der Waals surface area contributed by atoms with Crippen LogP contribution in [-0.4, -0.2) is 19.5 Å². The highest BCUT2D eigenvalue weighted by Crippen LogP contribution is 2.33. The number of fused-ring (bicyclic) bond motifs is 4. The fraction of sp³-hybridized carbons (Fsp3) is 0.0278. The zero-order valence-electron chi connectivity index (χ0n) is 22.2. The summed E-state index contributed by atoms with van der Waals surface area (Å²) < 4.78 is 2.26. The molecule has 1 aliphatic heterocycles. The van der Waals surface area contributed by atoms with E-state index in [-0.39, 0.29) is 0 Å². The third kappa shape index (κ3) is 3.98. The molecule has 1 N–H and O–H groups in total. The molecule has 0 unspecified atom stereocenters. The third-order valence-corrected chi connectivity index (χ3v) is 7.75. The minimum Gasteiger partial charge on any atom is -0.385 e. The molecule has 0 saturated heterocycles. The lowest BCUT2D eigenvalue weighted by Gasteiger charge is -2.14. The zero-order valence-corrected chi connectivity index (χ0v) is 22.2. The molecule has 8 rings (SSSR count). The number of pyridine rings is 3. The summed E-state index contributed by atoms with van der Waals surface area (Å²) in [4.78, 5) is 14.8. The highest BCUT2D eigenvalue weighted by Gasteiger charge is 2.19. The van der Waals surface area contributed by atoms with Crippen LogP contribution in [0.1, 0.15) is 11.3 Å². The zero-order chi connectivity index (χ0) is 27.2. The van der Waals surface area contributed by atoms with Crippen LogP contribution < -0.4 is 5.32 Å². The molecule has 0 fully saturated rings. The number of para-hydroxylation sites is 2. The molecule has 0 radical (unpaired) electrons. The maximum Gasteiger partial charge on any atom is 0.138 e. The molecule has 4 aromatic heterocycles. The Morgan fingerprint density at radius 1 is 0.634 bits per heavy atom. The SMILES string of the molecule is C1=Cc2c(n(-c3cccc(-c4cccc(-c5ccc(-c6cccc7cccnc67)cc5)n4)n3)c3ccccc23)CN1. The second-order valence-corrected chi connectivity index (χ2v) is 10.2. The molecule has 194 valence electrons. The standard InChI is InChI=1S/C36H25N5/c1-2-14-33-28(9-1)29-20-22-37-23-34(29)41(33)35-15-5-13-32(40-35)31-12-4-11-30(39-31)25-18-16-24(17-19-25)27-10-3-7-26-8-6-21-38-36(26)27/h1-22,37H,23H2. The number of hydrogen-bond donors (Lipinski definition) is 1. The summed E-state index contributed by atoms with van der Waals surface area (Å²) in [5.41, 5.74) is 10.5. The van der Waals surface area contributed by atoms with Gasteiger partial charge in [0.2, 0.25) is 0 Å². The molecule has 0 amide bonds. The van der Waals surface area contributed by atoms with Crippen LogP contribution in [0.25, 0.3) is 67.5 Å². The number of benzene rings is 3. The molecular weight excluding hydrogens is 502 g/mol. The van der Waals surface area contributed by atoms with Gasteiger partial charge in [0.15, 0.2) is 0 Å². The van der Waals surface area contributed by atoms with Crippen molar-refractivity contribution < 1.29 is 0 Å². The van der Waals surface area contributed by atoms with E-state index < -0.39 is 0 Å². The molecule has 3 aromatic carbocycles. The van der Waals surface area contributed by atoms with E-state index in [1.165, 1.54) is 16.6 Å². The minimum absolute atomic E-state index is 0.755. The second-order valence-electron chi connectivity index (χ2n) is 10.2. The van der Waals surface area contributed by atoms with Gasteiger partial charge in [-0.05, 0) is 54.2 Å². The largest absolute Gasteiger partial charge is 0.385 e. The molecule has 0 atom stereocenters. The van der Waals surface area contributed by atoms with Gasteiger partial charge >= 0.3 is 0 Å². The predicted octanol–water partition coefficient (Wildman–Crippen LogP) is 8.04. The van der Waals surface area contributed by atoms with E-state index in [2.05, 4.69) is 118 Å². The average molecular weight is 528 g/mol. The summed E-state index contributed by atoms with van der Waals surface area (Å²) in [6.45, 7) is 0.755. The highest BCUT2D eigenvalue weighted by atomic mass is 15.1. The van der Waals surface area contributed by atoms with Crippen LogP contribution in [0.2, 0.25) is 0 Å². The van der Waals surface area contributed by atoms with Crippen LogP contribution in [0, 0.1) is 0 Å². The third-order valence-electron chi connectivity index (χ3n) is 7.75. The van der Waals surface area contributed by atoms with E-state index >= 15 is 0 Å². The van der Waals surface area contributed by atoms with Gasteiger partial charge in [-0.1, -0.05) is 78.9 Å². The van der Waals surface area contributed by atoms with Crippen molar-refractivity contribution in [2.45, 2.75) is 6.54 Å². The van der Waals surface area contributed by atoms with Crippen molar-refractivity contribution in [1.82, 2.24) is 24.8 Å². The normalized spacial score (nSPS) is 12.4. The van der Waals surface area contributed by atoms with Gasteiger partial charge in [-0.15, -0.1) is 0 Å². The van der Waals surface area contributed by atoms with E-state index in [9.17, 15) is 0 Å². The van der Waals surface area contributed by atoms with Gasteiger partial charge in [0, 0.05) is 33.7 Å². The second kappa shape index (κ2) is 9.57. The van der Waals surface area contributed by atoms with Crippen LogP contribution >= 0.6 is 0 Å². The Morgan fingerprint density at radius 3 is 2.32 bits per heavy atom. The van der Waals surface area contributed by atoms with Crippen molar-refractivity contribution in [2.24, 2.45) is 0 Å². The smallest absolute Gasteiger partial charge is 0.138 e. The van der Waals surface area contributed by atoms with Crippen molar-refractivity contribution in [2.75, 3.05) is 0 Å².